The monoisotopic (exact) mass is 349 g/mol. The molecule has 1 fully saturated rings. The van der Waals surface area contributed by atoms with Gasteiger partial charge in [-0.25, -0.2) is 4.98 Å². The van der Waals surface area contributed by atoms with Crippen LogP contribution in [0.1, 0.15) is 49.4 Å². The summed E-state index contributed by atoms with van der Waals surface area (Å²) in [7, 11) is 0. The molecule has 0 radical (unpaired) electrons. The quantitative estimate of drug-likeness (QED) is 0.859. The van der Waals surface area contributed by atoms with Crippen molar-refractivity contribution in [2.75, 3.05) is 13.1 Å². The Hall–Kier alpha value is -1.64. The molecule has 128 valence electrons. The topological polar surface area (TPSA) is 62.3 Å². The van der Waals surface area contributed by atoms with E-state index in [1.165, 1.54) is 0 Å². The van der Waals surface area contributed by atoms with Gasteiger partial charge in [0.25, 0.3) is 0 Å². The Balaban J connectivity index is 1.89. The first-order valence-electron chi connectivity index (χ1n) is 7.41. The van der Waals surface area contributed by atoms with Crippen LogP contribution in [0.3, 0.4) is 0 Å². The van der Waals surface area contributed by atoms with Crippen LogP contribution < -0.4 is 5.32 Å². The third kappa shape index (κ3) is 4.66. The van der Waals surface area contributed by atoms with E-state index in [4.69, 9.17) is 0 Å². The summed E-state index contributed by atoms with van der Waals surface area (Å²) >= 11 is 0.885. The number of nitrogens with zero attached hydrogens (tertiary/aromatic N) is 2. The summed E-state index contributed by atoms with van der Waals surface area (Å²) in [5, 5.41) is 3.88. The van der Waals surface area contributed by atoms with Crippen LogP contribution in [0.15, 0.2) is 5.38 Å². The largest absolute Gasteiger partial charge is 0.434 e. The van der Waals surface area contributed by atoms with Gasteiger partial charge >= 0.3 is 6.18 Å². The predicted molar refractivity (Wildman–Crippen MR) is 78.7 cm³/mol. The van der Waals surface area contributed by atoms with E-state index in [0.717, 1.165) is 23.1 Å². The van der Waals surface area contributed by atoms with Crippen LogP contribution in [0.2, 0.25) is 0 Å². The average Bonchev–Trinajstić information content (AvgIpc) is 3.11. The fraction of sp³-hybridized carbons (Fsp3) is 0.643. The molecule has 1 N–H and O–H groups in total. The third-order valence-electron chi connectivity index (χ3n) is 3.63. The van der Waals surface area contributed by atoms with Crippen LogP contribution in [0.25, 0.3) is 0 Å². The number of amides is 2. The molecular weight excluding hydrogens is 331 g/mol. The maximum atomic E-state index is 12.6. The summed E-state index contributed by atoms with van der Waals surface area (Å²) in [5.74, 6) is -0.250. The van der Waals surface area contributed by atoms with Crippen molar-refractivity contribution in [3.63, 3.8) is 0 Å². The molecule has 5 nitrogen and oxygen atoms in total. The van der Waals surface area contributed by atoms with Crippen molar-refractivity contribution in [2.24, 2.45) is 0 Å². The van der Waals surface area contributed by atoms with Crippen molar-refractivity contribution in [2.45, 2.75) is 44.8 Å². The smallest absolute Gasteiger partial charge is 0.347 e. The highest BCUT2D eigenvalue weighted by Gasteiger charge is 2.34. The second kappa shape index (κ2) is 7.29. The first-order chi connectivity index (χ1) is 10.8. The van der Waals surface area contributed by atoms with Crippen LogP contribution in [0.5, 0.6) is 0 Å². The molecule has 0 spiro atoms. The minimum atomic E-state index is -4.48. The van der Waals surface area contributed by atoms with E-state index in [9.17, 15) is 22.8 Å². The van der Waals surface area contributed by atoms with E-state index in [0.29, 0.717) is 25.9 Å². The summed E-state index contributed by atoms with van der Waals surface area (Å²) in [4.78, 5) is 28.6. The molecule has 0 aromatic carbocycles. The number of rotatable bonds is 6. The number of carbonyl (C=O) groups excluding carboxylic acids is 2. The van der Waals surface area contributed by atoms with Gasteiger partial charge in [0.1, 0.15) is 5.01 Å². The van der Waals surface area contributed by atoms with Gasteiger partial charge in [-0.3, -0.25) is 9.59 Å². The Morgan fingerprint density at radius 2 is 2.26 bits per heavy atom. The summed E-state index contributed by atoms with van der Waals surface area (Å²) in [6.45, 7) is 2.76. The highest BCUT2D eigenvalue weighted by Crippen LogP contribution is 2.32. The molecule has 0 saturated carbocycles. The fourth-order valence-corrected chi connectivity index (χ4v) is 3.32. The Bertz CT molecular complexity index is 574. The molecule has 9 heteroatoms. The van der Waals surface area contributed by atoms with Crippen molar-refractivity contribution >= 4 is 23.2 Å². The van der Waals surface area contributed by atoms with E-state index in [-0.39, 0.29) is 23.2 Å². The van der Waals surface area contributed by atoms with Crippen LogP contribution in [0.4, 0.5) is 13.2 Å². The van der Waals surface area contributed by atoms with Gasteiger partial charge in [0, 0.05) is 31.3 Å². The number of nitrogens with one attached hydrogen (secondary N) is 1. The van der Waals surface area contributed by atoms with Crippen LogP contribution in [-0.4, -0.2) is 34.8 Å². The SMILES string of the molecule is CC[C@@H](NC(=O)CCN1CCCC1=O)c1nc(C(F)(F)F)cs1. The molecule has 0 unspecified atom stereocenters. The molecule has 1 aromatic rings. The molecule has 1 atom stereocenters. The van der Waals surface area contributed by atoms with Crippen LogP contribution in [-0.2, 0) is 15.8 Å². The summed E-state index contributed by atoms with van der Waals surface area (Å²) < 4.78 is 37.7. The zero-order valence-electron chi connectivity index (χ0n) is 12.7. The van der Waals surface area contributed by atoms with Crippen molar-refractivity contribution in [3.8, 4) is 0 Å². The number of alkyl halides is 3. The number of aromatic nitrogens is 1. The molecule has 23 heavy (non-hydrogen) atoms. The Kier molecular flexibility index (Phi) is 5.61. The second-order valence-electron chi connectivity index (χ2n) is 5.33. The summed E-state index contributed by atoms with van der Waals surface area (Å²) in [6.07, 6.45) is -2.58. The normalized spacial score (nSPS) is 16.7. The van der Waals surface area contributed by atoms with E-state index in [2.05, 4.69) is 10.3 Å². The van der Waals surface area contributed by atoms with E-state index >= 15 is 0 Å². The molecule has 0 aliphatic carbocycles. The maximum Gasteiger partial charge on any atom is 0.434 e. The van der Waals surface area contributed by atoms with Gasteiger partial charge in [0.15, 0.2) is 5.69 Å². The van der Waals surface area contributed by atoms with Crippen molar-refractivity contribution < 1.29 is 22.8 Å². The van der Waals surface area contributed by atoms with Crippen molar-refractivity contribution in [1.82, 2.24) is 15.2 Å². The molecule has 1 saturated heterocycles. The Labute approximate surface area is 135 Å². The first-order valence-corrected chi connectivity index (χ1v) is 8.29. The molecular formula is C14H18F3N3O2S. The predicted octanol–water partition coefficient (Wildman–Crippen LogP) is 2.74. The number of hydrogen-bond donors (Lipinski definition) is 1. The standard InChI is InChI=1S/C14H18F3N3O2S/c1-2-9(13-19-10(8-23-13)14(15,16)17)18-11(21)5-7-20-6-3-4-12(20)22/h8-9H,2-7H2,1H3,(H,18,21)/t9-/m1/s1. The number of halogens is 3. The summed E-state index contributed by atoms with van der Waals surface area (Å²) in [5.41, 5.74) is -0.937. The lowest BCUT2D eigenvalue weighted by Crippen LogP contribution is -2.33. The highest BCUT2D eigenvalue weighted by molar-refractivity contribution is 7.09. The average molecular weight is 349 g/mol. The van der Waals surface area contributed by atoms with Gasteiger partial charge in [0.05, 0.1) is 6.04 Å². The lowest BCUT2D eigenvalue weighted by atomic mass is 10.2. The molecule has 1 aromatic heterocycles. The van der Waals surface area contributed by atoms with Gasteiger partial charge in [0.2, 0.25) is 11.8 Å². The fourth-order valence-electron chi connectivity index (χ4n) is 2.36. The second-order valence-corrected chi connectivity index (χ2v) is 6.22. The summed E-state index contributed by atoms with van der Waals surface area (Å²) in [6, 6.07) is -0.544. The van der Waals surface area contributed by atoms with Gasteiger partial charge < -0.3 is 10.2 Å². The molecule has 2 heterocycles. The number of thiazole rings is 1. The van der Waals surface area contributed by atoms with Gasteiger partial charge in [-0.2, -0.15) is 13.2 Å². The number of carbonyl (C=O) groups is 2. The van der Waals surface area contributed by atoms with Crippen LogP contribution in [0, 0.1) is 0 Å². The van der Waals surface area contributed by atoms with Crippen molar-refractivity contribution in [3.05, 3.63) is 16.1 Å². The maximum absolute atomic E-state index is 12.6. The molecule has 2 rings (SSSR count). The minimum absolute atomic E-state index is 0.0413. The number of hydrogen-bond acceptors (Lipinski definition) is 4. The van der Waals surface area contributed by atoms with Crippen molar-refractivity contribution in [1.29, 1.82) is 0 Å². The third-order valence-corrected chi connectivity index (χ3v) is 4.59. The van der Waals surface area contributed by atoms with Crippen LogP contribution >= 0.6 is 11.3 Å². The zero-order chi connectivity index (χ0) is 17.0. The zero-order valence-corrected chi connectivity index (χ0v) is 13.5. The molecule has 0 bridgehead atoms. The van der Waals surface area contributed by atoms with Gasteiger partial charge in [-0.05, 0) is 12.8 Å². The van der Waals surface area contributed by atoms with E-state index in [1.807, 2.05) is 0 Å². The minimum Gasteiger partial charge on any atom is -0.347 e. The Morgan fingerprint density at radius 1 is 1.52 bits per heavy atom. The molecule has 2 amide bonds. The highest BCUT2D eigenvalue weighted by atomic mass is 32.1. The number of likely N-dealkylation sites (tertiary alicyclic amines) is 1. The molecule has 1 aliphatic heterocycles. The van der Waals surface area contributed by atoms with E-state index < -0.39 is 17.9 Å². The first kappa shape index (κ1) is 17.7. The van der Waals surface area contributed by atoms with Gasteiger partial charge in [-0.15, -0.1) is 11.3 Å². The lowest BCUT2D eigenvalue weighted by Gasteiger charge is -2.17. The Morgan fingerprint density at radius 3 is 2.78 bits per heavy atom. The molecule has 1 aliphatic rings. The van der Waals surface area contributed by atoms with E-state index in [1.54, 1.807) is 11.8 Å². The van der Waals surface area contributed by atoms with Gasteiger partial charge in [-0.1, -0.05) is 6.92 Å². The lowest BCUT2D eigenvalue weighted by molar-refractivity contribution is -0.140.